The Morgan fingerprint density at radius 2 is 1.45 bits per heavy atom. The van der Waals surface area contributed by atoms with Crippen LogP contribution in [-0.4, -0.2) is 142 Å². The molecule has 360 valence electrons. The van der Waals surface area contributed by atoms with Crippen molar-refractivity contribution in [3.8, 4) is 0 Å². The van der Waals surface area contributed by atoms with E-state index in [1.54, 1.807) is 30.3 Å². The number of carbonyl (C=O) groups excluding carboxylic acids is 9. The molecule has 65 heavy (non-hydrogen) atoms. The maximum absolute atomic E-state index is 13.6. The van der Waals surface area contributed by atoms with Gasteiger partial charge in [0.1, 0.15) is 18.1 Å². The van der Waals surface area contributed by atoms with E-state index in [0.29, 0.717) is 43.0 Å². The second-order valence-corrected chi connectivity index (χ2v) is 17.0. The van der Waals surface area contributed by atoms with E-state index in [1.807, 2.05) is 11.8 Å². The number of hydrogen-bond acceptors (Lipinski definition) is 13. The third-order valence-corrected chi connectivity index (χ3v) is 12.2. The highest BCUT2D eigenvalue weighted by Gasteiger charge is 2.42. The molecule has 2 aliphatic rings. The number of urea groups is 1. The Balaban J connectivity index is 1.43. The number of unbranched alkanes of at least 4 members (excludes halogenated alkanes) is 2. The van der Waals surface area contributed by atoms with Gasteiger partial charge in [-0.25, -0.2) is 10.3 Å². The number of carbonyl (C=O) groups is 10. The van der Waals surface area contributed by atoms with Gasteiger partial charge >= 0.3 is 12.0 Å². The maximum Gasteiger partial charge on any atom is 0.315 e. The molecule has 7 atom stereocenters. The van der Waals surface area contributed by atoms with Crippen molar-refractivity contribution in [1.82, 2.24) is 48.0 Å². The number of carboxylic acids is 1. The molecular weight excluding hydrogens is 873 g/mol. The number of nitrogens with one attached hydrogen (secondary N) is 9. The van der Waals surface area contributed by atoms with E-state index in [1.165, 1.54) is 5.48 Å². The van der Waals surface area contributed by atoms with Gasteiger partial charge in [-0.3, -0.25) is 48.4 Å². The van der Waals surface area contributed by atoms with Crippen LogP contribution in [-0.2, 0) is 49.6 Å². The molecular formula is C41H62N10O13S. The number of aliphatic hydroxyl groups excluding tert-OH is 1. The Hall–Kier alpha value is -6.01. The lowest BCUT2D eigenvalue weighted by molar-refractivity contribution is -0.138. The molecule has 1 aromatic rings. The zero-order valence-corrected chi connectivity index (χ0v) is 36.9. The highest BCUT2D eigenvalue weighted by atomic mass is 32.2. The van der Waals surface area contributed by atoms with Crippen LogP contribution in [0.5, 0.6) is 0 Å². The molecule has 10 amide bonds. The van der Waals surface area contributed by atoms with E-state index in [9.17, 15) is 58.2 Å². The first-order chi connectivity index (χ1) is 31.1. The number of amides is 10. The monoisotopic (exact) mass is 934 g/mol. The number of thioether (sulfide) groups is 1. The minimum Gasteiger partial charge on any atom is -0.481 e. The van der Waals surface area contributed by atoms with Gasteiger partial charge in [0.15, 0.2) is 0 Å². The van der Waals surface area contributed by atoms with Crippen molar-refractivity contribution in [3.63, 3.8) is 0 Å². The normalized spacial score (nSPS) is 17.9. The van der Waals surface area contributed by atoms with Crippen molar-refractivity contribution in [2.45, 2.75) is 119 Å². The van der Waals surface area contributed by atoms with Gasteiger partial charge in [-0.05, 0) is 56.9 Å². The molecule has 0 aliphatic carbocycles. The number of primary amides is 1. The van der Waals surface area contributed by atoms with Crippen molar-refractivity contribution in [2.24, 2.45) is 11.7 Å². The lowest BCUT2D eigenvalue weighted by Gasteiger charge is -2.25. The van der Waals surface area contributed by atoms with Gasteiger partial charge < -0.3 is 58.5 Å². The molecule has 1 unspecified atom stereocenters. The number of fused-ring (bicyclic) bond motifs is 1. The Morgan fingerprint density at radius 3 is 2.14 bits per heavy atom. The summed E-state index contributed by atoms with van der Waals surface area (Å²) in [6.45, 7) is -1.24. The van der Waals surface area contributed by atoms with Crippen LogP contribution in [0.25, 0.3) is 0 Å². The molecule has 0 radical (unpaired) electrons. The van der Waals surface area contributed by atoms with E-state index >= 15 is 0 Å². The lowest BCUT2D eigenvalue weighted by Crippen LogP contribution is -2.56. The van der Waals surface area contributed by atoms with Gasteiger partial charge in [0.2, 0.25) is 47.3 Å². The minimum absolute atomic E-state index is 0.0307. The summed E-state index contributed by atoms with van der Waals surface area (Å²) in [7, 11) is 0. The quantitative estimate of drug-likeness (QED) is 0.0159. The summed E-state index contributed by atoms with van der Waals surface area (Å²) in [6.07, 6.45) is 2.54. The van der Waals surface area contributed by atoms with Crippen LogP contribution in [0.4, 0.5) is 4.79 Å². The van der Waals surface area contributed by atoms with Crippen molar-refractivity contribution in [2.75, 3.05) is 32.0 Å². The molecule has 2 aliphatic heterocycles. The summed E-state index contributed by atoms with van der Waals surface area (Å²) >= 11 is 1.82. The molecule has 0 bridgehead atoms. The summed E-state index contributed by atoms with van der Waals surface area (Å²) in [6, 6.07) is 4.68. The van der Waals surface area contributed by atoms with Gasteiger partial charge in [0, 0.05) is 55.8 Å². The SMILES string of the molecule is NC(=O)[C@H](CCCCNC(=O)CCCC[C@@H]1SC[C@@H]2NC(=O)N[C@@H]21)NC(=O)CNC(=O)CNC(=O)[C@H](CCC(=O)O)NC(=O)[C@H](Cc1ccccc1)NC(=O)C(CCCO)CC(=O)NO. The van der Waals surface area contributed by atoms with Crippen LogP contribution >= 0.6 is 11.8 Å². The molecule has 14 N–H and O–H groups in total. The largest absolute Gasteiger partial charge is 0.481 e. The molecule has 0 saturated carbocycles. The molecule has 2 saturated heterocycles. The number of carboxylic acid groups (broad SMARTS) is 1. The number of aliphatic hydroxyl groups is 1. The zero-order valence-electron chi connectivity index (χ0n) is 36.1. The van der Waals surface area contributed by atoms with Crippen LogP contribution in [0.3, 0.4) is 0 Å². The third-order valence-electron chi connectivity index (χ3n) is 10.7. The van der Waals surface area contributed by atoms with E-state index in [0.717, 1.165) is 18.6 Å². The molecule has 1 aromatic carbocycles. The first-order valence-electron chi connectivity index (χ1n) is 21.6. The molecule has 23 nitrogen and oxygen atoms in total. The van der Waals surface area contributed by atoms with Crippen LogP contribution in [0.1, 0.15) is 82.6 Å². The number of benzene rings is 1. The highest BCUT2D eigenvalue weighted by molar-refractivity contribution is 8.00. The molecule has 0 aromatic heterocycles. The van der Waals surface area contributed by atoms with E-state index < -0.39 is 104 Å². The molecule has 2 fully saturated rings. The molecule has 2 heterocycles. The third kappa shape index (κ3) is 20.1. The first-order valence-corrected chi connectivity index (χ1v) is 22.6. The summed E-state index contributed by atoms with van der Waals surface area (Å²) < 4.78 is 0. The average molecular weight is 935 g/mol. The van der Waals surface area contributed by atoms with Gasteiger partial charge in [0.25, 0.3) is 0 Å². The standard InChI is InChI=1S/C41H62N10O13S/c42-37(59)26(12-6-7-17-43-31(53)14-5-4-13-30-36-29(23-65-30)49-41(63)50-36)46-34(56)22-44-33(55)21-45-39(61)27(15-16-35(57)58)47-40(62)28(19-24-9-2-1-3-10-24)48-38(60)25(11-8-18-52)20-32(54)51-64/h1-3,9-10,25-30,36,52,64H,4-8,11-23H2,(H2,42,59)(H,43,53)(H,44,55)(H,45,61)(H,46,56)(H,47,62)(H,48,60)(H,51,54)(H,57,58)(H2,49,50,63)/t25?,26-,27-,28-,29-,30-,36-/m0/s1. The fraction of sp³-hybridized carbons (Fsp3) is 0.610. The maximum atomic E-state index is 13.6. The smallest absolute Gasteiger partial charge is 0.315 e. The van der Waals surface area contributed by atoms with Crippen molar-refractivity contribution in [1.29, 1.82) is 0 Å². The van der Waals surface area contributed by atoms with Crippen molar-refractivity contribution in [3.05, 3.63) is 35.9 Å². The van der Waals surface area contributed by atoms with Crippen LogP contribution < -0.4 is 53.7 Å². The summed E-state index contributed by atoms with van der Waals surface area (Å²) in [5.41, 5.74) is 7.51. The Bertz CT molecular complexity index is 1810. The predicted molar refractivity (Wildman–Crippen MR) is 233 cm³/mol. The summed E-state index contributed by atoms with van der Waals surface area (Å²) in [5, 5.41) is 48.6. The van der Waals surface area contributed by atoms with E-state index in [4.69, 9.17) is 10.9 Å². The number of rotatable bonds is 31. The lowest BCUT2D eigenvalue weighted by atomic mass is 9.96. The molecule has 24 heteroatoms. The average Bonchev–Trinajstić information content (AvgIpc) is 3.84. The van der Waals surface area contributed by atoms with E-state index in [2.05, 4.69) is 42.5 Å². The second kappa shape index (κ2) is 28.7. The fourth-order valence-electron chi connectivity index (χ4n) is 7.22. The Morgan fingerprint density at radius 1 is 0.723 bits per heavy atom. The number of hydrogen-bond donors (Lipinski definition) is 13. The fourth-order valence-corrected chi connectivity index (χ4v) is 8.76. The first kappa shape index (κ1) is 53.3. The Labute approximate surface area is 380 Å². The van der Waals surface area contributed by atoms with Crippen molar-refractivity contribution >= 4 is 71.0 Å². The van der Waals surface area contributed by atoms with Crippen molar-refractivity contribution < 1.29 is 63.4 Å². The van der Waals surface area contributed by atoms with Gasteiger partial charge in [-0.1, -0.05) is 36.8 Å². The number of hydroxylamine groups is 1. The molecule has 3 rings (SSSR count). The van der Waals surface area contributed by atoms with Crippen LogP contribution in [0, 0.1) is 5.92 Å². The summed E-state index contributed by atoms with van der Waals surface area (Å²) in [5.74, 6) is -7.47. The molecule has 0 spiro atoms. The predicted octanol–water partition coefficient (Wildman–Crippen LogP) is -2.44. The summed E-state index contributed by atoms with van der Waals surface area (Å²) in [4.78, 5) is 125. The van der Waals surface area contributed by atoms with Gasteiger partial charge in [-0.15, -0.1) is 0 Å². The number of nitrogens with two attached hydrogens (primary N) is 1. The topological polar surface area (TPSA) is 366 Å². The van der Waals surface area contributed by atoms with E-state index in [-0.39, 0.29) is 56.3 Å². The van der Waals surface area contributed by atoms with Gasteiger partial charge in [0.05, 0.1) is 25.2 Å². The second-order valence-electron chi connectivity index (χ2n) is 15.8. The van der Waals surface area contributed by atoms with Crippen LogP contribution in [0.15, 0.2) is 30.3 Å². The van der Waals surface area contributed by atoms with Crippen LogP contribution in [0.2, 0.25) is 0 Å². The number of aliphatic carboxylic acids is 1. The zero-order chi connectivity index (χ0) is 47.7. The van der Waals surface area contributed by atoms with Gasteiger partial charge in [-0.2, -0.15) is 11.8 Å². The minimum atomic E-state index is -1.50. The highest BCUT2D eigenvalue weighted by Crippen LogP contribution is 2.33. The Kier molecular flexibility index (Phi) is 23.6.